The van der Waals surface area contributed by atoms with Crippen LogP contribution in [-0.2, 0) is 0 Å². The average Bonchev–Trinajstić information content (AvgIpc) is 2.28. The lowest BCUT2D eigenvalue weighted by atomic mass is 10.1. The Morgan fingerprint density at radius 3 is 2.83 bits per heavy atom. The first kappa shape index (κ1) is 7.31. The highest BCUT2D eigenvalue weighted by Crippen LogP contribution is 2.20. The Morgan fingerprint density at radius 2 is 2.08 bits per heavy atom. The summed E-state index contributed by atoms with van der Waals surface area (Å²) in [4.78, 5) is 14.7. The molecule has 0 saturated heterocycles. The summed E-state index contributed by atoms with van der Waals surface area (Å²) < 4.78 is 0. The van der Waals surface area contributed by atoms with Crippen LogP contribution in [0.4, 0.5) is 0 Å². The smallest absolute Gasteiger partial charge is 0.279 e. The van der Waals surface area contributed by atoms with E-state index >= 15 is 0 Å². The molecule has 0 unspecified atom stereocenters. The van der Waals surface area contributed by atoms with Gasteiger partial charge in [-0.25, -0.2) is 0 Å². The summed E-state index contributed by atoms with van der Waals surface area (Å²) in [5.41, 5.74) is 6.63. The average molecular weight is 181 g/mol. The molecule has 1 aromatic carbocycles. The molecule has 0 bridgehead atoms. The minimum Gasteiger partial charge on any atom is -0.383 e. The Kier molecular flexibility index (Phi) is 1.41. The highest BCUT2D eigenvalue weighted by molar-refractivity contribution is 6.32. The second kappa shape index (κ2) is 2.32. The van der Waals surface area contributed by atoms with E-state index in [1.54, 1.807) is 18.2 Å². The molecule has 4 heteroatoms. The monoisotopic (exact) mass is 180 g/mol. The topological polar surface area (TPSA) is 55.4 Å². The number of hydrogen-bond acceptors (Lipinski definition) is 2. The third-order valence-electron chi connectivity index (χ3n) is 1.71. The Morgan fingerprint density at radius 1 is 1.33 bits per heavy atom. The number of fused-ring (bicyclic) bond motifs is 1. The van der Waals surface area contributed by atoms with Crippen molar-refractivity contribution in [3.63, 3.8) is 0 Å². The van der Waals surface area contributed by atoms with Crippen molar-refractivity contribution in [2.75, 3.05) is 0 Å². The highest BCUT2D eigenvalue weighted by atomic mass is 35.5. The van der Waals surface area contributed by atoms with Crippen molar-refractivity contribution in [2.24, 2.45) is 10.7 Å². The summed E-state index contributed by atoms with van der Waals surface area (Å²) >= 11 is 5.71. The summed E-state index contributed by atoms with van der Waals surface area (Å²) in [5, 5.41) is 0.557. The fourth-order valence-corrected chi connectivity index (χ4v) is 1.32. The molecule has 1 aliphatic rings. The number of rotatable bonds is 0. The summed E-state index contributed by atoms with van der Waals surface area (Å²) in [6, 6.07) is 4.91. The van der Waals surface area contributed by atoms with E-state index in [0.717, 1.165) is 0 Å². The number of aliphatic imine (C=N–C) groups is 1. The fourth-order valence-electron chi connectivity index (χ4n) is 1.14. The molecular formula is C8H5ClN2O. The lowest BCUT2D eigenvalue weighted by Crippen LogP contribution is -2.10. The van der Waals surface area contributed by atoms with Crippen LogP contribution in [0, 0.1) is 0 Å². The van der Waals surface area contributed by atoms with Gasteiger partial charge in [0.1, 0.15) is 5.84 Å². The molecular weight excluding hydrogens is 176 g/mol. The molecule has 1 aromatic rings. The van der Waals surface area contributed by atoms with Crippen LogP contribution in [-0.4, -0.2) is 11.7 Å². The molecule has 1 amide bonds. The van der Waals surface area contributed by atoms with Gasteiger partial charge in [-0.05, 0) is 18.2 Å². The van der Waals surface area contributed by atoms with E-state index in [1.165, 1.54) is 0 Å². The largest absolute Gasteiger partial charge is 0.383 e. The van der Waals surface area contributed by atoms with Crippen LogP contribution in [0.25, 0.3) is 0 Å². The van der Waals surface area contributed by atoms with Crippen molar-refractivity contribution < 1.29 is 4.79 Å². The fraction of sp³-hybridized carbons (Fsp3) is 0. The molecule has 60 valence electrons. The summed E-state index contributed by atoms with van der Waals surface area (Å²) in [7, 11) is 0. The molecule has 3 nitrogen and oxygen atoms in total. The van der Waals surface area contributed by atoms with E-state index in [1.807, 2.05) is 0 Å². The molecule has 2 N–H and O–H groups in total. The third-order valence-corrected chi connectivity index (χ3v) is 1.95. The van der Waals surface area contributed by atoms with E-state index in [2.05, 4.69) is 4.99 Å². The van der Waals surface area contributed by atoms with Gasteiger partial charge in [-0.1, -0.05) is 11.6 Å². The maximum Gasteiger partial charge on any atom is 0.279 e. The number of amidine groups is 1. The standard InChI is InChI=1S/C8H5ClN2O/c9-4-1-2-5-6(3-4)7(10)11-8(5)12/h1-3H,(H2,10,11,12). The molecule has 0 spiro atoms. The Hall–Kier alpha value is -1.35. The van der Waals surface area contributed by atoms with E-state index in [-0.39, 0.29) is 11.7 Å². The van der Waals surface area contributed by atoms with Crippen LogP contribution in [0.2, 0.25) is 5.02 Å². The van der Waals surface area contributed by atoms with Gasteiger partial charge in [-0.15, -0.1) is 0 Å². The van der Waals surface area contributed by atoms with Gasteiger partial charge in [-0.3, -0.25) is 4.79 Å². The predicted molar refractivity (Wildman–Crippen MR) is 46.5 cm³/mol. The first-order valence-corrected chi connectivity index (χ1v) is 3.74. The van der Waals surface area contributed by atoms with Crippen LogP contribution >= 0.6 is 11.6 Å². The quantitative estimate of drug-likeness (QED) is 0.652. The molecule has 12 heavy (non-hydrogen) atoms. The van der Waals surface area contributed by atoms with Crippen molar-refractivity contribution in [2.45, 2.75) is 0 Å². The highest BCUT2D eigenvalue weighted by Gasteiger charge is 2.20. The molecule has 0 radical (unpaired) electrons. The normalized spacial score (nSPS) is 14.4. The lowest BCUT2D eigenvalue weighted by Gasteiger charge is -1.96. The van der Waals surface area contributed by atoms with Crippen LogP contribution < -0.4 is 5.73 Å². The van der Waals surface area contributed by atoms with Crippen molar-refractivity contribution in [3.05, 3.63) is 34.3 Å². The Balaban J connectivity index is 2.69. The van der Waals surface area contributed by atoms with Crippen molar-refractivity contribution >= 4 is 23.3 Å². The number of carbonyl (C=O) groups excluding carboxylic acids is 1. The third kappa shape index (κ3) is 0.905. The van der Waals surface area contributed by atoms with E-state index in [4.69, 9.17) is 17.3 Å². The van der Waals surface area contributed by atoms with Gasteiger partial charge >= 0.3 is 0 Å². The van der Waals surface area contributed by atoms with Gasteiger partial charge in [0.25, 0.3) is 5.91 Å². The minimum absolute atomic E-state index is 0.248. The van der Waals surface area contributed by atoms with E-state index in [9.17, 15) is 4.79 Å². The van der Waals surface area contributed by atoms with Crippen molar-refractivity contribution in [1.82, 2.24) is 0 Å². The second-order valence-electron chi connectivity index (χ2n) is 2.49. The molecule has 0 saturated carbocycles. The molecule has 1 heterocycles. The number of carbonyl (C=O) groups is 1. The molecule has 0 fully saturated rings. The minimum atomic E-state index is -0.292. The molecule has 2 rings (SSSR count). The van der Waals surface area contributed by atoms with Crippen LogP contribution in [0.1, 0.15) is 15.9 Å². The predicted octanol–water partition coefficient (Wildman–Crippen LogP) is 1.20. The number of hydrogen-bond donors (Lipinski definition) is 1. The van der Waals surface area contributed by atoms with Crippen molar-refractivity contribution in [1.29, 1.82) is 0 Å². The summed E-state index contributed by atoms with van der Waals surface area (Å²) in [5.74, 6) is -0.0448. The zero-order valence-electron chi connectivity index (χ0n) is 6.04. The molecule has 0 aliphatic carbocycles. The molecule has 0 atom stereocenters. The lowest BCUT2D eigenvalue weighted by molar-refractivity contribution is 0.101. The van der Waals surface area contributed by atoms with Gasteiger partial charge in [0.05, 0.1) is 5.56 Å². The number of nitrogens with zero attached hydrogens (tertiary/aromatic N) is 1. The summed E-state index contributed by atoms with van der Waals surface area (Å²) in [6.07, 6.45) is 0. The SMILES string of the molecule is NC1=NC(=O)c2ccc(Cl)cc21. The zero-order valence-corrected chi connectivity index (χ0v) is 6.80. The molecule has 0 aromatic heterocycles. The van der Waals surface area contributed by atoms with E-state index in [0.29, 0.717) is 16.1 Å². The Labute approximate surface area is 73.9 Å². The van der Waals surface area contributed by atoms with Gasteiger partial charge < -0.3 is 5.73 Å². The first-order chi connectivity index (χ1) is 5.68. The number of amides is 1. The number of halogens is 1. The van der Waals surface area contributed by atoms with Crippen LogP contribution in [0.3, 0.4) is 0 Å². The Bertz CT molecular complexity index is 398. The van der Waals surface area contributed by atoms with Gasteiger partial charge in [0, 0.05) is 10.6 Å². The zero-order chi connectivity index (χ0) is 8.72. The van der Waals surface area contributed by atoms with Crippen molar-refractivity contribution in [3.8, 4) is 0 Å². The maximum atomic E-state index is 11.1. The van der Waals surface area contributed by atoms with Crippen LogP contribution in [0.15, 0.2) is 23.2 Å². The van der Waals surface area contributed by atoms with Gasteiger partial charge in [-0.2, -0.15) is 4.99 Å². The maximum absolute atomic E-state index is 11.1. The van der Waals surface area contributed by atoms with E-state index < -0.39 is 0 Å². The number of benzene rings is 1. The summed E-state index contributed by atoms with van der Waals surface area (Å²) in [6.45, 7) is 0. The number of nitrogens with two attached hydrogens (primary N) is 1. The van der Waals surface area contributed by atoms with Gasteiger partial charge in [0.15, 0.2) is 0 Å². The second-order valence-corrected chi connectivity index (χ2v) is 2.93. The molecule has 1 aliphatic heterocycles. The first-order valence-electron chi connectivity index (χ1n) is 3.37. The van der Waals surface area contributed by atoms with Crippen LogP contribution in [0.5, 0.6) is 0 Å². The van der Waals surface area contributed by atoms with Gasteiger partial charge in [0.2, 0.25) is 0 Å².